The van der Waals surface area contributed by atoms with Crippen LogP contribution >= 0.6 is 0 Å². The van der Waals surface area contributed by atoms with Gasteiger partial charge < -0.3 is 9.80 Å². The predicted molar refractivity (Wildman–Crippen MR) is 92.1 cm³/mol. The maximum atomic E-state index is 12.9. The van der Waals surface area contributed by atoms with Crippen molar-refractivity contribution in [2.45, 2.75) is 51.1 Å². The van der Waals surface area contributed by atoms with Crippen LogP contribution in [0.1, 0.15) is 44.6 Å². The van der Waals surface area contributed by atoms with Crippen molar-refractivity contribution in [1.82, 2.24) is 9.88 Å². The Morgan fingerprint density at radius 3 is 2.70 bits per heavy atom. The summed E-state index contributed by atoms with van der Waals surface area (Å²) in [6, 6.07) is 2.59. The number of hydrogen-bond acceptors (Lipinski definition) is 4. The highest BCUT2D eigenvalue weighted by molar-refractivity contribution is 6.04. The number of carbonyl (C=O) groups is 1. The Morgan fingerprint density at radius 2 is 2.04 bits per heavy atom. The number of hydrogen-bond donors (Lipinski definition) is 0. The summed E-state index contributed by atoms with van der Waals surface area (Å²) in [6.07, 6.45) is 5.87. The Morgan fingerprint density at radius 1 is 1.26 bits per heavy atom. The summed E-state index contributed by atoms with van der Waals surface area (Å²) >= 11 is 0. The fraction of sp³-hybridized carbons (Fsp3) is 0.667. The average molecular weight is 314 g/mol. The normalized spacial score (nSPS) is 25.4. The minimum Gasteiger partial charge on any atom is -0.340 e. The van der Waals surface area contributed by atoms with Gasteiger partial charge in [0.15, 0.2) is 5.82 Å². The zero-order valence-corrected chi connectivity index (χ0v) is 14.3. The summed E-state index contributed by atoms with van der Waals surface area (Å²) in [5, 5.41) is 0. The molecular weight excluding hydrogens is 288 g/mol. The van der Waals surface area contributed by atoms with Gasteiger partial charge in [0.2, 0.25) is 0 Å². The quantitative estimate of drug-likeness (QED) is 0.839. The highest BCUT2D eigenvalue weighted by Gasteiger charge is 2.41. The van der Waals surface area contributed by atoms with Crippen LogP contribution in [0.15, 0.2) is 12.3 Å². The molecule has 0 aromatic carbocycles. The second kappa shape index (κ2) is 5.48. The SMILES string of the molecule is CC(C)N1CCN2c3ncc(C4CCC4)cc3N(C)C(=O)[C@@H]2C1. The van der Waals surface area contributed by atoms with E-state index in [0.717, 1.165) is 31.1 Å². The summed E-state index contributed by atoms with van der Waals surface area (Å²) in [5.74, 6) is 1.84. The molecule has 1 atom stereocenters. The van der Waals surface area contributed by atoms with E-state index in [-0.39, 0.29) is 11.9 Å². The third-order valence-electron chi connectivity index (χ3n) is 5.84. The number of fused-ring (bicyclic) bond motifs is 3. The number of aromatic nitrogens is 1. The van der Waals surface area contributed by atoms with Crippen LogP contribution < -0.4 is 9.80 Å². The molecule has 5 nitrogen and oxygen atoms in total. The molecule has 0 unspecified atom stereocenters. The lowest BCUT2D eigenvalue weighted by molar-refractivity contribution is -0.121. The lowest BCUT2D eigenvalue weighted by Gasteiger charge is -2.47. The van der Waals surface area contributed by atoms with Crippen molar-refractivity contribution in [2.24, 2.45) is 0 Å². The van der Waals surface area contributed by atoms with Crippen LogP contribution in [0, 0.1) is 0 Å². The van der Waals surface area contributed by atoms with E-state index in [4.69, 9.17) is 4.98 Å². The molecule has 0 radical (unpaired) electrons. The Kier molecular flexibility index (Phi) is 3.56. The number of amides is 1. The van der Waals surface area contributed by atoms with E-state index in [1.807, 2.05) is 18.1 Å². The Bertz CT molecular complexity index is 625. The van der Waals surface area contributed by atoms with Gasteiger partial charge in [-0.15, -0.1) is 0 Å². The van der Waals surface area contributed by atoms with Gasteiger partial charge in [0.1, 0.15) is 6.04 Å². The third-order valence-corrected chi connectivity index (χ3v) is 5.84. The molecule has 1 amide bonds. The average Bonchev–Trinajstić information content (AvgIpc) is 2.50. The van der Waals surface area contributed by atoms with Crippen molar-refractivity contribution in [2.75, 3.05) is 36.5 Å². The maximum Gasteiger partial charge on any atom is 0.250 e. The molecule has 124 valence electrons. The van der Waals surface area contributed by atoms with E-state index < -0.39 is 0 Å². The van der Waals surface area contributed by atoms with Gasteiger partial charge in [-0.1, -0.05) is 6.42 Å². The second-order valence-corrected chi connectivity index (χ2v) is 7.43. The lowest BCUT2D eigenvalue weighted by atomic mass is 9.80. The van der Waals surface area contributed by atoms with E-state index in [1.54, 1.807) is 0 Å². The van der Waals surface area contributed by atoms with Gasteiger partial charge in [-0.3, -0.25) is 9.69 Å². The number of piperazine rings is 1. The fourth-order valence-electron chi connectivity index (χ4n) is 3.97. The Hall–Kier alpha value is -1.62. The summed E-state index contributed by atoms with van der Waals surface area (Å²) in [4.78, 5) is 24.1. The van der Waals surface area contributed by atoms with Crippen LogP contribution in [-0.2, 0) is 4.79 Å². The van der Waals surface area contributed by atoms with Crippen LogP contribution in [0.25, 0.3) is 0 Å². The minimum atomic E-state index is -0.0919. The fourth-order valence-corrected chi connectivity index (χ4v) is 3.97. The standard InChI is InChI=1S/C18H26N4O/c1-12(2)21-7-8-22-16(11-21)18(23)20(3)15-9-14(10-19-17(15)22)13-5-4-6-13/h9-10,12-13,16H,4-8,11H2,1-3H3/t16-/m0/s1. The molecule has 1 aliphatic carbocycles. The van der Waals surface area contributed by atoms with E-state index in [0.29, 0.717) is 12.0 Å². The predicted octanol–water partition coefficient (Wildman–Crippen LogP) is 2.22. The van der Waals surface area contributed by atoms with Crippen LogP contribution in [0.4, 0.5) is 11.5 Å². The van der Waals surface area contributed by atoms with Gasteiger partial charge in [-0.2, -0.15) is 0 Å². The number of nitrogens with zero attached hydrogens (tertiary/aromatic N) is 4. The third kappa shape index (κ3) is 2.33. The number of likely N-dealkylation sites (N-methyl/N-ethyl adjacent to an activating group) is 1. The first-order valence-electron chi connectivity index (χ1n) is 8.84. The molecule has 1 aromatic heterocycles. The summed E-state index contributed by atoms with van der Waals surface area (Å²) < 4.78 is 0. The van der Waals surface area contributed by atoms with Gasteiger partial charge in [-0.25, -0.2) is 4.98 Å². The molecule has 1 saturated heterocycles. The molecule has 3 heterocycles. The molecule has 1 aromatic rings. The van der Waals surface area contributed by atoms with Crippen molar-refractivity contribution in [3.8, 4) is 0 Å². The van der Waals surface area contributed by atoms with Crippen molar-refractivity contribution in [1.29, 1.82) is 0 Å². The molecule has 2 aliphatic heterocycles. The zero-order valence-electron chi connectivity index (χ0n) is 14.3. The van der Waals surface area contributed by atoms with Crippen molar-refractivity contribution < 1.29 is 4.79 Å². The molecule has 0 spiro atoms. The molecule has 2 fully saturated rings. The zero-order chi connectivity index (χ0) is 16.1. The van der Waals surface area contributed by atoms with Crippen LogP contribution in [0.3, 0.4) is 0 Å². The van der Waals surface area contributed by atoms with Gasteiger partial charge in [0, 0.05) is 38.9 Å². The first kappa shape index (κ1) is 14.9. The number of rotatable bonds is 2. The minimum absolute atomic E-state index is 0.0919. The monoisotopic (exact) mass is 314 g/mol. The van der Waals surface area contributed by atoms with Crippen LogP contribution in [0.5, 0.6) is 0 Å². The topological polar surface area (TPSA) is 39.7 Å². The summed E-state index contributed by atoms with van der Waals surface area (Å²) in [5.41, 5.74) is 2.29. The number of carbonyl (C=O) groups excluding carboxylic acids is 1. The lowest BCUT2D eigenvalue weighted by Crippen LogP contribution is -2.63. The van der Waals surface area contributed by atoms with Gasteiger partial charge >= 0.3 is 0 Å². The van der Waals surface area contributed by atoms with Crippen molar-refractivity contribution >= 4 is 17.4 Å². The van der Waals surface area contributed by atoms with E-state index in [1.165, 1.54) is 24.8 Å². The Balaban J connectivity index is 1.67. The Labute approximate surface area is 138 Å². The van der Waals surface area contributed by atoms with Crippen molar-refractivity contribution in [3.63, 3.8) is 0 Å². The maximum absolute atomic E-state index is 12.9. The largest absolute Gasteiger partial charge is 0.340 e. The molecular formula is C18H26N4O. The van der Waals surface area contributed by atoms with E-state index in [9.17, 15) is 4.79 Å². The number of anilines is 2. The molecule has 3 aliphatic rings. The highest BCUT2D eigenvalue weighted by atomic mass is 16.2. The summed E-state index contributed by atoms with van der Waals surface area (Å²) in [6.45, 7) is 7.07. The molecule has 23 heavy (non-hydrogen) atoms. The van der Waals surface area contributed by atoms with E-state index >= 15 is 0 Å². The van der Waals surface area contributed by atoms with Crippen molar-refractivity contribution in [3.05, 3.63) is 17.8 Å². The van der Waals surface area contributed by atoms with Gasteiger partial charge in [0.05, 0.1) is 5.69 Å². The molecule has 4 rings (SSSR count). The number of pyridine rings is 1. The molecule has 0 N–H and O–H groups in total. The van der Waals surface area contributed by atoms with Gasteiger partial charge in [0.25, 0.3) is 5.91 Å². The summed E-state index contributed by atoms with van der Waals surface area (Å²) in [7, 11) is 1.90. The first-order chi connectivity index (χ1) is 11.1. The van der Waals surface area contributed by atoms with Crippen LogP contribution in [0.2, 0.25) is 0 Å². The molecule has 0 bridgehead atoms. The van der Waals surface area contributed by atoms with Crippen LogP contribution in [-0.4, -0.2) is 54.6 Å². The first-order valence-corrected chi connectivity index (χ1v) is 8.84. The second-order valence-electron chi connectivity index (χ2n) is 7.43. The smallest absolute Gasteiger partial charge is 0.250 e. The van der Waals surface area contributed by atoms with E-state index in [2.05, 4.69) is 29.7 Å². The highest BCUT2D eigenvalue weighted by Crippen LogP contribution is 2.41. The molecule has 1 saturated carbocycles. The van der Waals surface area contributed by atoms with Gasteiger partial charge in [-0.05, 0) is 44.2 Å². The molecule has 5 heteroatoms.